The molecule has 0 aromatic carbocycles. The molecular formula is C16H21N5O4. The number of methoxy groups -OCH3 is 1. The van der Waals surface area contributed by atoms with E-state index >= 15 is 0 Å². The number of aliphatic hydroxyl groups is 1. The number of nitrogens with one attached hydrogen (secondary N) is 1. The quantitative estimate of drug-likeness (QED) is 0.557. The van der Waals surface area contributed by atoms with Crippen LogP contribution in [0, 0.1) is 0 Å². The lowest BCUT2D eigenvalue weighted by atomic mass is 10.2. The van der Waals surface area contributed by atoms with Crippen molar-refractivity contribution in [1.29, 1.82) is 0 Å². The molecule has 0 spiro atoms. The number of ether oxygens (including phenoxy) is 1. The molecule has 0 fully saturated rings. The number of allylic oxidation sites excluding steroid dienone is 1. The molecule has 4 N–H and O–H groups in total. The SMILES string of the molecule is COc1cc2c(=O)n(C/C=C/CNC(=O)[C@@H](N)[C@@H](C)O)cnc2cn1. The van der Waals surface area contributed by atoms with E-state index in [4.69, 9.17) is 10.5 Å². The molecule has 0 radical (unpaired) electrons. The Morgan fingerprint density at radius 3 is 2.92 bits per heavy atom. The summed E-state index contributed by atoms with van der Waals surface area (Å²) >= 11 is 0. The van der Waals surface area contributed by atoms with Crippen LogP contribution in [0.3, 0.4) is 0 Å². The summed E-state index contributed by atoms with van der Waals surface area (Å²) < 4.78 is 6.45. The number of aliphatic hydroxyl groups excluding tert-OH is 1. The van der Waals surface area contributed by atoms with E-state index in [2.05, 4.69) is 15.3 Å². The fourth-order valence-corrected chi connectivity index (χ4v) is 2.05. The molecule has 0 saturated heterocycles. The monoisotopic (exact) mass is 347 g/mol. The number of hydrogen-bond donors (Lipinski definition) is 3. The van der Waals surface area contributed by atoms with Crippen molar-refractivity contribution in [1.82, 2.24) is 19.9 Å². The molecule has 25 heavy (non-hydrogen) atoms. The molecule has 9 heteroatoms. The van der Waals surface area contributed by atoms with Gasteiger partial charge in [-0.05, 0) is 6.92 Å². The fourth-order valence-electron chi connectivity index (χ4n) is 2.05. The highest BCUT2D eigenvalue weighted by Crippen LogP contribution is 2.11. The van der Waals surface area contributed by atoms with E-state index in [-0.39, 0.29) is 12.1 Å². The molecule has 0 aliphatic heterocycles. The van der Waals surface area contributed by atoms with Crippen LogP contribution in [-0.4, -0.2) is 51.3 Å². The summed E-state index contributed by atoms with van der Waals surface area (Å²) in [4.78, 5) is 32.2. The van der Waals surface area contributed by atoms with E-state index in [1.165, 1.54) is 31.1 Å². The van der Waals surface area contributed by atoms with Gasteiger partial charge in [-0.15, -0.1) is 0 Å². The van der Waals surface area contributed by atoms with E-state index in [9.17, 15) is 14.7 Å². The van der Waals surface area contributed by atoms with Crippen molar-refractivity contribution >= 4 is 16.8 Å². The molecule has 0 aliphatic rings. The van der Waals surface area contributed by atoms with Crippen LogP contribution in [0.25, 0.3) is 10.9 Å². The average molecular weight is 347 g/mol. The van der Waals surface area contributed by atoms with Crippen molar-refractivity contribution in [2.45, 2.75) is 25.6 Å². The maximum absolute atomic E-state index is 12.4. The van der Waals surface area contributed by atoms with Crippen molar-refractivity contribution in [3.05, 3.63) is 41.1 Å². The van der Waals surface area contributed by atoms with E-state index in [1.807, 2.05) is 0 Å². The molecular weight excluding hydrogens is 326 g/mol. The average Bonchev–Trinajstić information content (AvgIpc) is 2.61. The number of rotatable bonds is 7. The van der Waals surface area contributed by atoms with Gasteiger partial charge in [-0.2, -0.15) is 0 Å². The van der Waals surface area contributed by atoms with Crippen molar-refractivity contribution in [3.8, 4) is 5.88 Å². The van der Waals surface area contributed by atoms with Gasteiger partial charge in [-0.3, -0.25) is 14.2 Å². The molecule has 0 aliphatic carbocycles. The summed E-state index contributed by atoms with van der Waals surface area (Å²) in [6, 6.07) is 0.576. The van der Waals surface area contributed by atoms with Gasteiger partial charge in [0.25, 0.3) is 5.56 Å². The summed E-state index contributed by atoms with van der Waals surface area (Å²) in [6.07, 6.45) is 5.41. The van der Waals surface area contributed by atoms with Gasteiger partial charge in [0.1, 0.15) is 6.04 Å². The number of carbonyl (C=O) groups excluding carboxylic acids is 1. The van der Waals surface area contributed by atoms with E-state index in [0.29, 0.717) is 23.3 Å². The van der Waals surface area contributed by atoms with Gasteiger partial charge < -0.3 is 20.9 Å². The van der Waals surface area contributed by atoms with Gasteiger partial charge >= 0.3 is 0 Å². The number of fused-ring (bicyclic) bond motifs is 1. The van der Waals surface area contributed by atoms with Gasteiger partial charge in [0.15, 0.2) is 0 Å². The lowest BCUT2D eigenvalue weighted by molar-refractivity contribution is -0.124. The van der Waals surface area contributed by atoms with Gasteiger partial charge in [-0.1, -0.05) is 12.2 Å². The first kappa shape index (κ1) is 18.6. The number of hydrogen-bond acceptors (Lipinski definition) is 7. The minimum absolute atomic E-state index is 0.212. The third kappa shape index (κ3) is 4.61. The molecule has 2 rings (SSSR count). The van der Waals surface area contributed by atoms with E-state index in [0.717, 1.165) is 0 Å². The molecule has 2 aromatic heterocycles. The second kappa shape index (κ2) is 8.36. The number of pyridine rings is 1. The Labute approximate surface area is 144 Å². The number of amides is 1. The number of carbonyl (C=O) groups is 1. The van der Waals surface area contributed by atoms with Crippen LogP contribution in [-0.2, 0) is 11.3 Å². The van der Waals surface area contributed by atoms with Crippen LogP contribution in [0.2, 0.25) is 0 Å². The number of nitrogens with two attached hydrogens (primary N) is 1. The number of aromatic nitrogens is 3. The first-order valence-electron chi connectivity index (χ1n) is 7.69. The Morgan fingerprint density at radius 2 is 2.24 bits per heavy atom. The van der Waals surface area contributed by atoms with Crippen molar-refractivity contribution in [2.75, 3.05) is 13.7 Å². The van der Waals surface area contributed by atoms with Crippen LogP contribution in [0.5, 0.6) is 5.88 Å². The van der Waals surface area contributed by atoms with Crippen molar-refractivity contribution in [2.24, 2.45) is 5.73 Å². The van der Waals surface area contributed by atoms with Crippen molar-refractivity contribution < 1.29 is 14.6 Å². The Kier molecular flexibility index (Phi) is 6.20. The third-order valence-corrected chi connectivity index (χ3v) is 3.58. The topological polar surface area (TPSA) is 132 Å². The first-order valence-corrected chi connectivity index (χ1v) is 7.69. The zero-order valence-corrected chi connectivity index (χ0v) is 14.0. The molecule has 9 nitrogen and oxygen atoms in total. The Bertz CT molecular complexity index is 831. The highest BCUT2D eigenvalue weighted by atomic mass is 16.5. The molecule has 2 atom stereocenters. The summed E-state index contributed by atoms with van der Waals surface area (Å²) in [6.45, 7) is 1.99. The van der Waals surface area contributed by atoms with Crippen LogP contribution < -0.4 is 21.3 Å². The molecule has 0 saturated carbocycles. The van der Waals surface area contributed by atoms with Gasteiger partial charge in [0, 0.05) is 19.2 Å². The van der Waals surface area contributed by atoms with E-state index < -0.39 is 18.1 Å². The predicted molar refractivity (Wildman–Crippen MR) is 92.2 cm³/mol. The van der Waals surface area contributed by atoms with Crippen LogP contribution >= 0.6 is 0 Å². The zero-order valence-electron chi connectivity index (χ0n) is 14.0. The largest absolute Gasteiger partial charge is 0.481 e. The minimum Gasteiger partial charge on any atom is -0.481 e. The van der Waals surface area contributed by atoms with Gasteiger partial charge in [-0.25, -0.2) is 9.97 Å². The minimum atomic E-state index is -0.968. The molecule has 2 aromatic rings. The second-order valence-electron chi connectivity index (χ2n) is 5.43. The summed E-state index contributed by atoms with van der Waals surface area (Å²) in [5, 5.41) is 12.2. The smallest absolute Gasteiger partial charge is 0.261 e. The lowest BCUT2D eigenvalue weighted by Gasteiger charge is -2.13. The Morgan fingerprint density at radius 1 is 1.48 bits per heavy atom. The summed E-state index contributed by atoms with van der Waals surface area (Å²) in [5.74, 6) is -0.0966. The standard InChI is InChI=1S/C16H21N5O4/c1-10(22)14(17)15(23)18-5-3-4-6-21-9-20-12-8-19-13(25-2)7-11(12)16(21)24/h3-4,7-10,14,22H,5-6,17H2,1-2H3,(H,18,23)/b4-3+/t10-,14+/m1/s1. The lowest BCUT2D eigenvalue weighted by Crippen LogP contribution is -2.47. The van der Waals surface area contributed by atoms with Crippen LogP contribution in [0.4, 0.5) is 0 Å². The molecule has 0 bridgehead atoms. The molecule has 134 valence electrons. The van der Waals surface area contributed by atoms with Crippen LogP contribution in [0.15, 0.2) is 35.5 Å². The fraction of sp³-hybridized carbons (Fsp3) is 0.375. The van der Waals surface area contributed by atoms with Crippen molar-refractivity contribution in [3.63, 3.8) is 0 Å². The maximum atomic E-state index is 12.4. The van der Waals surface area contributed by atoms with Gasteiger partial charge in [0.2, 0.25) is 11.8 Å². The Hall–Kier alpha value is -2.78. The highest BCUT2D eigenvalue weighted by Gasteiger charge is 2.17. The van der Waals surface area contributed by atoms with E-state index in [1.54, 1.807) is 18.2 Å². The summed E-state index contributed by atoms with van der Waals surface area (Å²) in [5.41, 5.74) is 5.79. The third-order valence-electron chi connectivity index (χ3n) is 3.58. The van der Waals surface area contributed by atoms with Gasteiger partial charge in [0.05, 0.1) is 36.6 Å². The first-order chi connectivity index (χ1) is 11.9. The normalized spacial score (nSPS) is 13.8. The highest BCUT2D eigenvalue weighted by molar-refractivity contribution is 5.82. The Balaban J connectivity index is 2.00. The summed E-state index contributed by atoms with van der Waals surface area (Å²) in [7, 11) is 1.48. The maximum Gasteiger partial charge on any atom is 0.261 e. The predicted octanol–water partition coefficient (Wildman–Crippen LogP) is -0.819. The van der Waals surface area contributed by atoms with Crippen LogP contribution in [0.1, 0.15) is 6.92 Å². The number of nitrogens with zero attached hydrogens (tertiary/aromatic N) is 3. The molecule has 2 heterocycles. The zero-order chi connectivity index (χ0) is 18.4. The molecule has 0 unspecified atom stereocenters. The molecule has 1 amide bonds. The second-order valence-corrected chi connectivity index (χ2v) is 5.43.